The molecule has 2 aromatic rings. The van der Waals surface area contributed by atoms with Gasteiger partial charge in [-0.2, -0.15) is 9.65 Å². The first kappa shape index (κ1) is 14.2. The molecule has 8 heteroatoms. The highest BCUT2D eigenvalue weighted by Crippen LogP contribution is 2.24. The minimum atomic E-state index is -4.01. The maximum Gasteiger partial charge on any atom is 0.264 e. The minimum Gasteiger partial charge on any atom is -0.263 e. The Hall–Kier alpha value is -2.17. The summed E-state index contributed by atoms with van der Waals surface area (Å²) in [4.78, 5) is 3.18. The summed E-state index contributed by atoms with van der Waals surface area (Å²) in [5.41, 5.74) is 0.234. The molecule has 0 bridgehead atoms. The van der Waals surface area contributed by atoms with E-state index < -0.39 is 16.0 Å². The van der Waals surface area contributed by atoms with Crippen molar-refractivity contribution in [3.63, 3.8) is 0 Å². The van der Waals surface area contributed by atoms with Crippen LogP contribution in [0.1, 0.15) is 5.56 Å². The van der Waals surface area contributed by atoms with Crippen LogP contribution in [0.15, 0.2) is 41.3 Å². The number of anilines is 1. The Balaban J connectivity index is 2.39. The van der Waals surface area contributed by atoms with Crippen molar-refractivity contribution in [2.75, 3.05) is 4.72 Å². The highest BCUT2D eigenvalue weighted by Gasteiger charge is 2.19. The predicted octanol–water partition coefficient (Wildman–Crippen LogP) is 2.55. The number of benzene rings is 1. The van der Waals surface area contributed by atoms with E-state index >= 15 is 0 Å². The lowest BCUT2D eigenvalue weighted by molar-refractivity contribution is 0.584. The Morgan fingerprint density at radius 2 is 2.05 bits per heavy atom. The van der Waals surface area contributed by atoms with E-state index in [4.69, 9.17) is 16.9 Å². The Bertz CT molecular complexity index is 803. The van der Waals surface area contributed by atoms with Gasteiger partial charge in [0.05, 0.1) is 16.7 Å². The molecule has 0 aliphatic rings. The largest absolute Gasteiger partial charge is 0.264 e. The minimum absolute atomic E-state index is 0.104. The lowest BCUT2D eigenvalue weighted by Crippen LogP contribution is -2.14. The van der Waals surface area contributed by atoms with E-state index in [-0.39, 0.29) is 21.3 Å². The molecule has 0 fully saturated rings. The molecule has 0 amide bonds. The second-order valence-electron chi connectivity index (χ2n) is 3.71. The maximum absolute atomic E-state index is 12.9. The lowest BCUT2D eigenvalue weighted by atomic mass is 10.2. The van der Waals surface area contributed by atoms with Crippen molar-refractivity contribution < 1.29 is 12.8 Å². The number of pyridine rings is 1. The van der Waals surface area contributed by atoms with Gasteiger partial charge < -0.3 is 0 Å². The number of nitrogens with one attached hydrogen (secondary N) is 1. The molecule has 5 nitrogen and oxygen atoms in total. The summed E-state index contributed by atoms with van der Waals surface area (Å²) < 4.78 is 39.2. The first-order valence-electron chi connectivity index (χ1n) is 5.27. The summed E-state index contributed by atoms with van der Waals surface area (Å²) in [7, 11) is -4.01. The number of nitrogens with zero attached hydrogens (tertiary/aromatic N) is 2. The van der Waals surface area contributed by atoms with Crippen LogP contribution in [0.25, 0.3) is 0 Å². The average Bonchev–Trinajstić information content (AvgIpc) is 2.37. The topological polar surface area (TPSA) is 82.8 Å². The van der Waals surface area contributed by atoms with E-state index in [0.717, 1.165) is 6.07 Å². The molecule has 1 heterocycles. The van der Waals surface area contributed by atoms with Gasteiger partial charge in [0.1, 0.15) is 10.7 Å². The van der Waals surface area contributed by atoms with Crippen molar-refractivity contribution >= 4 is 27.4 Å². The van der Waals surface area contributed by atoms with Gasteiger partial charge in [0, 0.05) is 0 Å². The quantitative estimate of drug-likeness (QED) is 0.883. The van der Waals surface area contributed by atoms with Gasteiger partial charge >= 0.3 is 0 Å². The zero-order valence-corrected chi connectivity index (χ0v) is 11.4. The summed E-state index contributed by atoms with van der Waals surface area (Å²) in [6, 6.07) is 9.30. The van der Waals surface area contributed by atoms with Crippen molar-refractivity contribution in [1.29, 1.82) is 5.26 Å². The molecule has 1 aromatic heterocycles. The summed E-state index contributed by atoms with van der Waals surface area (Å²) in [5, 5.41) is 8.59. The third kappa shape index (κ3) is 3.04. The van der Waals surface area contributed by atoms with Crippen LogP contribution in [-0.2, 0) is 10.0 Å². The number of hydrogen-bond donors (Lipinski definition) is 1. The predicted molar refractivity (Wildman–Crippen MR) is 71.2 cm³/mol. The van der Waals surface area contributed by atoms with E-state index in [1.807, 2.05) is 6.07 Å². The van der Waals surface area contributed by atoms with Crippen molar-refractivity contribution in [3.05, 3.63) is 52.9 Å². The van der Waals surface area contributed by atoms with Gasteiger partial charge in [-0.1, -0.05) is 17.7 Å². The number of halogens is 2. The normalized spacial score (nSPS) is 10.8. The molecule has 0 spiro atoms. The fraction of sp³-hybridized carbons (Fsp3) is 0. The molecule has 20 heavy (non-hydrogen) atoms. The summed E-state index contributed by atoms with van der Waals surface area (Å²) in [6.45, 7) is 0. The van der Waals surface area contributed by atoms with Crippen LogP contribution in [0.4, 0.5) is 10.2 Å². The van der Waals surface area contributed by atoms with E-state index in [2.05, 4.69) is 9.71 Å². The van der Waals surface area contributed by atoms with Gasteiger partial charge in [-0.05, 0) is 30.3 Å². The fourth-order valence-corrected chi connectivity index (χ4v) is 2.99. The molecule has 0 aliphatic carbocycles. The molecule has 0 saturated heterocycles. The van der Waals surface area contributed by atoms with Gasteiger partial charge in [-0.25, -0.2) is 13.4 Å². The van der Waals surface area contributed by atoms with Crippen molar-refractivity contribution in [2.24, 2.45) is 0 Å². The van der Waals surface area contributed by atoms with Crippen LogP contribution in [0.2, 0.25) is 5.02 Å². The summed E-state index contributed by atoms with van der Waals surface area (Å²) in [5.74, 6) is -0.971. The average molecular weight is 312 g/mol. The molecule has 0 aliphatic heterocycles. The SMILES string of the molecule is N#Cc1ccc(S(=O)(=O)Nc2cccc(F)n2)c(Cl)c1. The van der Waals surface area contributed by atoms with Crippen molar-refractivity contribution in [2.45, 2.75) is 4.90 Å². The van der Waals surface area contributed by atoms with Gasteiger partial charge in [0.2, 0.25) is 5.95 Å². The summed E-state index contributed by atoms with van der Waals surface area (Å²) in [6.07, 6.45) is 0. The highest BCUT2D eigenvalue weighted by atomic mass is 35.5. The smallest absolute Gasteiger partial charge is 0.263 e. The van der Waals surface area contributed by atoms with Gasteiger partial charge in [-0.15, -0.1) is 0 Å². The molecule has 102 valence electrons. The fourth-order valence-electron chi connectivity index (χ4n) is 1.45. The molecule has 0 unspecified atom stereocenters. The molecule has 1 N–H and O–H groups in total. The third-order valence-electron chi connectivity index (χ3n) is 2.30. The zero-order chi connectivity index (χ0) is 14.8. The molecule has 0 saturated carbocycles. The molecule has 1 aromatic carbocycles. The van der Waals surface area contributed by atoms with Crippen molar-refractivity contribution in [3.8, 4) is 6.07 Å². The first-order valence-corrected chi connectivity index (χ1v) is 7.13. The van der Waals surface area contributed by atoms with Crippen LogP contribution in [0.3, 0.4) is 0 Å². The van der Waals surface area contributed by atoms with Gasteiger partial charge in [0.15, 0.2) is 0 Å². The standard InChI is InChI=1S/C12H7ClFN3O2S/c13-9-6-8(7-15)4-5-10(9)20(18,19)17-12-3-1-2-11(14)16-12/h1-6H,(H,16,17). The van der Waals surface area contributed by atoms with Crippen LogP contribution in [-0.4, -0.2) is 13.4 Å². The van der Waals surface area contributed by atoms with E-state index in [1.54, 1.807) is 0 Å². The zero-order valence-electron chi connectivity index (χ0n) is 9.84. The van der Waals surface area contributed by atoms with Gasteiger partial charge in [-0.3, -0.25) is 4.72 Å². The molecule has 0 radical (unpaired) electrons. The monoisotopic (exact) mass is 311 g/mol. The number of rotatable bonds is 3. The number of aromatic nitrogens is 1. The second-order valence-corrected chi connectivity index (χ2v) is 5.77. The first-order chi connectivity index (χ1) is 9.42. The van der Waals surface area contributed by atoms with E-state index in [0.29, 0.717) is 0 Å². The van der Waals surface area contributed by atoms with Crippen LogP contribution in [0.5, 0.6) is 0 Å². The Morgan fingerprint density at radius 1 is 1.30 bits per heavy atom. The van der Waals surface area contributed by atoms with Crippen LogP contribution in [0, 0.1) is 17.3 Å². The van der Waals surface area contributed by atoms with E-state index in [9.17, 15) is 12.8 Å². The van der Waals surface area contributed by atoms with Gasteiger partial charge in [0.25, 0.3) is 10.0 Å². The molecular formula is C12H7ClFN3O2S. The number of sulfonamides is 1. The maximum atomic E-state index is 12.9. The number of nitriles is 1. The molecular weight excluding hydrogens is 305 g/mol. The molecule has 0 atom stereocenters. The Kier molecular flexibility index (Phi) is 3.88. The van der Waals surface area contributed by atoms with Crippen LogP contribution < -0.4 is 4.72 Å². The second kappa shape index (κ2) is 5.45. The summed E-state index contributed by atoms with van der Waals surface area (Å²) >= 11 is 5.83. The van der Waals surface area contributed by atoms with Crippen LogP contribution >= 0.6 is 11.6 Å². The van der Waals surface area contributed by atoms with E-state index in [1.165, 1.54) is 30.3 Å². The lowest BCUT2D eigenvalue weighted by Gasteiger charge is -2.08. The Labute approximate surface area is 119 Å². The third-order valence-corrected chi connectivity index (χ3v) is 4.14. The molecule has 2 rings (SSSR count). The number of hydrogen-bond acceptors (Lipinski definition) is 4. The Morgan fingerprint density at radius 3 is 2.65 bits per heavy atom. The van der Waals surface area contributed by atoms with Crippen molar-refractivity contribution in [1.82, 2.24) is 4.98 Å². The highest BCUT2D eigenvalue weighted by molar-refractivity contribution is 7.92.